The molecule has 3 heterocycles. The molecule has 1 N–H and O–H groups in total. The minimum atomic E-state index is -0.960. The predicted molar refractivity (Wildman–Crippen MR) is 75.9 cm³/mol. The zero-order valence-electron chi connectivity index (χ0n) is 12.4. The second-order valence-electron chi connectivity index (χ2n) is 6.33. The molecule has 3 aliphatic rings. The number of carbonyl (C=O) groups excluding carboxylic acids is 1. The van der Waals surface area contributed by atoms with E-state index < -0.39 is 18.2 Å². The monoisotopic (exact) mass is 296 g/mol. The van der Waals surface area contributed by atoms with E-state index in [2.05, 4.69) is 4.90 Å². The van der Waals surface area contributed by atoms with Gasteiger partial charge in [-0.1, -0.05) is 0 Å². The van der Waals surface area contributed by atoms with Crippen molar-refractivity contribution in [1.82, 2.24) is 9.80 Å². The number of rotatable bonds is 3. The van der Waals surface area contributed by atoms with Crippen LogP contribution in [0, 0.1) is 0 Å². The molecule has 1 amide bonds. The normalized spacial score (nSPS) is 31.7. The van der Waals surface area contributed by atoms with E-state index in [0.29, 0.717) is 18.9 Å². The van der Waals surface area contributed by atoms with Gasteiger partial charge in [-0.15, -0.1) is 0 Å². The fourth-order valence-corrected chi connectivity index (χ4v) is 3.76. The van der Waals surface area contributed by atoms with Crippen molar-refractivity contribution in [2.24, 2.45) is 0 Å². The van der Waals surface area contributed by atoms with Crippen molar-refractivity contribution in [1.29, 1.82) is 0 Å². The van der Waals surface area contributed by atoms with Crippen molar-refractivity contribution in [3.8, 4) is 0 Å². The van der Waals surface area contributed by atoms with E-state index in [9.17, 15) is 9.59 Å². The number of carboxylic acids is 1. The summed E-state index contributed by atoms with van der Waals surface area (Å²) in [6.45, 7) is 3.95. The summed E-state index contributed by atoms with van der Waals surface area (Å²) in [4.78, 5) is 27.7. The van der Waals surface area contributed by atoms with E-state index in [1.807, 2.05) is 4.90 Å². The Kier molecular flexibility index (Phi) is 4.45. The van der Waals surface area contributed by atoms with Gasteiger partial charge in [0.2, 0.25) is 0 Å². The number of nitrogens with zero attached hydrogens (tertiary/aromatic N) is 2. The van der Waals surface area contributed by atoms with E-state index in [1.54, 1.807) is 0 Å². The van der Waals surface area contributed by atoms with Crippen LogP contribution in [-0.2, 0) is 14.3 Å². The molecule has 21 heavy (non-hydrogen) atoms. The topological polar surface area (TPSA) is 70.1 Å². The Balaban J connectivity index is 1.48. The van der Waals surface area contributed by atoms with Crippen LogP contribution in [0.4, 0.5) is 0 Å². The fraction of sp³-hybridized carbons (Fsp3) is 0.867. The molecular formula is C15H24N2O4. The molecular weight excluding hydrogens is 272 g/mol. The molecule has 6 heteroatoms. The SMILES string of the molecule is O=C(O)[C@H]1CC[C@@H](C(=O)N2CCC(N3CCCC3)CC2)O1. The van der Waals surface area contributed by atoms with Crippen molar-refractivity contribution < 1.29 is 19.4 Å². The quantitative estimate of drug-likeness (QED) is 0.830. The lowest BCUT2D eigenvalue weighted by Gasteiger charge is -2.37. The number of aliphatic carboxylic acids is 1. The number of amides is 1. The summed E-state index contributed by atoms with van der Waals surface area (Å²) in [5.74, 6) is -0.975. The first-order valence-corrected chi connectivity index (χ1v) is 8.06. The Hall–Kier alpha value is -1.14. The maximum atomic E-state index is 12.4. The lowest BCUT2D eigenvalue weighted by Crippen LogP contribution is -2.48. The van der Waals surface area contributed by atoms with Gasteiger partial charge in [0.15, 0.2) is 6.10 Å². The van der Waals surface area contributed by atoms with Crippen LogP contribution in [-0.4, -0.2) is 71.2 Å². The van der Waals surface area contributed by atoms with Gasteiger partial charge in [0.05, 0.1) is 0 Å². The Morgan fingerprint density at radius 3 is 2.10 bits per heavy atom. The lowest BCUT2D eigenvalue weighted by molar-refractivity contribution is -0.155. The van der Waals surface area contributed by atoms with Gasteiger partial charge in [-0.3, -0.25) is 4.79 Å². The van der Waals surface area contributed by atoms with Crippen LogP contribution in [0.1, 0.15) is 38.5 Å². The van der Waals surface area contributed by atoms with Gasteiger partial charge in [0.25, 0.3) is 5.91 Å². The zero-order chi connectivity index (χ0) is 14.8. The van der Waals surface area contributed by atoms with Gasteiger partial charge in [0.1, 0.15) is 6.10 Å². The van der Waals surface area contributed by atoms with Crippen molar-refractivity contribution in [3.05, 3.63) is 0 Å². The van der Waals surface area contributed by atoms with E-state index in [4.69, 9.17) is 9.84 Å². The Morgan fingerprint density at radius 1 is 0.905 bits per heavy atom. The van der Waals surface area contributed by atoms with Gasteiger partial charge >= 0.3 is 5.97 Å². The first-order chi connectivity index (χ1) is 10.1. The van der Waals surface area contributed by atoms with Crippen LogP contribution in [0.25, 0.3) is 0 Å². The molecule has 3 saturated heterocycles. The molecule has 0 aromatic heterocycles. The van der Waals surface area contributed by atoms with Crippen LogP contribution in [0.15, 0.2) is 0 Å². The summed E-state index contributed by atoms with van der Waals surface area (Å²) in [6.07, 6.45) is 4.27. The number of hydrogen-bond acceptors (Lipinski definition) is 4. The van der Waals surface area contributed by atoms with Crippen molar-refractivity contribution in [2.45, 2.75) is 56.8 Å². The summed E-state index contributed by atoms with van der Waals surface area (Å²) >= 11 is 0. The molecule has 0 bridgehead atoms. The predicted octanol–water partition coefficient (Wildman–Crippen LogP) is 0.705. The molecule has 3 rings (SSSR count). The second-order valence-corrected chi connectivity index (χ2v) is 6.33. The average Bonchev–Trinajstić information content (AvgIpc) is 3.18. The van der Waals surface area contributed by atoms with Crippen LogP contribution in [0.5, 0.6) is 0 Å². The minimum absolute atomic E-state index is 0.0152. The summed E-state index contributed by atoms with van der Waals surface area (Å²) in [7, 11) is 0. The summed E-state index contributed by atoms with van der Waals surface area (Å²) in [5.41, 5.74) is 0. The number of carboxylic acid groups (broad SMARTS) is 1. The Morgan fingerprint density at radius 2 is 1.52 bits per heavy atom. The van der Waals surface area contributed by atoms with E-state index >= 15 is 0 Å². The molecule has 0 radical (unpaired) electrons. The van der Waals surface area contributed by atoms with Gasteiger partial charge in [-0.25, -0.2) is 4.79 Å². The molecule has 2 atom stereocenters. The van der Waals surface area contributed by atoms with Crippen LogP contribution in [0.2, 0.25) is 0 Å². The number of hydrogen-bond donors (Lipinski definition) is 1. The summed E-state index contributed by atoms with van der Waals surface area (Å²) in [6, 6.07) is 0.618. The van der Waals surface area contributed by atoms with Crippen LogP contribution < -0.4 is 0 Å². The maximum Gasteiger partial charge on any atom is 0.332 e. The van der Waals surface area contributed by atoms with E-state index in [0.717, 1.165) is 25.9 Å². The minimum Gasteiger partial charge on any atom is -0.479 e. The number of carbonyl (C=O) groups is 2. The first-order valence-electron chi connectivity index (χ1n) is 8.06. The average molecular weight is 296 g/mol. The van der Waals surface area contributed by atoms with Crippen molar-refractivity contribution in [2.75, 3.05) is 26.2 Å². The van der Waals surface area contributed by atoms with Crippen molar-refractivity contribution in [3.63, 3.8) is 0 Å². The zero-order valence-corrected chi connectivity index (χ0v) is 12.4. The third kappa shape index (κ3) is 3.21. The number of likely N-dealkylation sites (tertiary alicyclic amines) is 2. The smallest absolute Gasteiger partial charge is 0.332 e. The fourth-order valence-electron chi connectivity index (χ4n) is 3.76. The third-order valence-corrected chi connectivity index (χ3v) is 5.00. The molecule has 0 aliphatic carbocycles. The van der Waals surface area contributed by atoms with Gasteiger partial charge < -0.3 is 19.6 Å². The molecule has 0 aromatic carbocycles. The lowest BCUT2D eigenvalue weighted by atomic mass is 10.0. The molecule has 3 fully saturated rings. The standard InChI is InChI=1S/C15H24N2O4/c18-14(12-3-4-13(21-12)15(19)20)17-9-5-11(6-10-17)16-7-1-2-8-16/h11-13H,1-10H2,(H,19,20)/t12-,13+/m0/s1. The third-order valence-electron chi connectivity index (χ3n) is 5.00. The highest BCUT2D eigenvalue weighted by atomic mass is 16.5. The van der Waals surface area contributed by atoms with Crippen molar-refractivity contribution >= 4 is 11.9 Å². The van der Waals surface area contributed by atoms with Gasteiger partial charge in [-0.2, -0.15) is 0 Å². The highest BCUT2D eigenvalue weighted by molar-refractivity contribution is 5.82. The molecule has 0 unspecified atom stereocenters. The molecule has 0 spiro atoms. The first kappa shape index (κ1) is 14.8. The molecule has 6 nitrogen and oxygen atoms in total. The molecule has 3 aliphatic heterocycles. The van der Waals surface area contributed by atoms with Crippen LogP contribution in [0.3, 0.4) is 0 Å². The molecule has 0 saturated carbocycles. The van der Waals surface area contributed by atoms with Crippen LogP contribution >= 0.6 is 0 Å². The van der Waals surface area contributed by atoms with E-state index in [1.165, 1.54) is 25.9 Å². The largest absolute Gasteiger partial charge is 0.479 e. The van der Waals surface area contributed by atoms with Gasteiger partial charge in [0, 0.05) is 19.1 Å². The van der Waals surface area contributed by atoms with E-state index in [-0.39, 0.29) is 5.91 Å². The number of piperidine rings is 1. The van der Waals surface area contributed by atoms with Gasteiger partial charge in [-0.05, 0) is 51.6 Å². The molecule has 118 valence electrons. The Bertz CT molecular complexity index is 400. The highest BCUT2D eigenvalue weighted by Gasteiger charge is 2.38. The number of ether oxygens (including phenoxy) is 1. The Labute approximate surface area is 125 Å². The second kappa shape index (κ2) is 6.32. The highest BCUT2D eigenvalue weighted by Crippen LogP contribution is 2.25. The maximum absolute atomic E-state index is 12.4. The summed E-state index contributed by atoms with van der Waals surface area (Å²) < 4.78 is 5.36. The summed E-state index contributed by atoms with van der Waals surface area (Å²) in [5, 5.41) is 8.92. The molecule has 0 aromatic rings.